The van der Waals surface area contributed by atoms with Gasteiger partial charge < -0.3 is 10.6 Å². The maximum atomic E-state index is 12.8. The Bertz CT molecular complexity index is 280. The minimum absolute atomic E-state index is 0.0131. The highest BCUT2D eigenvalue weighted by molar-refractivity contribution is 5.83. The minimum atomic E-state index is -0.0688. The van der Waals surface area contributed by atoms with Crippen molar-refractivity contribution in [2.45, 2.75) is 59.8 Å². The number of nitrogens with zero attached hydrogens (tertiary/aromatic N) is 1. The van der Waals surface area contributed by atoms with Crippen molar-refractivity contribution in [2.75, 3.05) is 19.6 Å². The molecule has 1 amide bonds. The van der Waals surface area contributed by atoms with Crippen molar-refractivity contribution in [3.05, 3.63) is 0 Å². The van der Waals surface area contributed by atoms with Gasteiger partial charge in [0, 0.05) is 18.5 Å². The van der Waals surface area contributed by atoms with Gasteiger partial charge in [-0.05, 0) is 38.1 Å². The number of hydrogen-bond donors (Lipinski definition) is 1. The number of carbonyl (C=O) groups excluding carboxylic acids is 1. The third-order valence-corrected chi connectivity index (χ3v) is 4.53. The Labute approximate surface area is 112 Å². The van der Waals surface area contributed by atoms with Gasteiger partial charge in [0.05, 0.1) is 0 Å². The topological polar surface area (TPSA) is 46.3 Å². The van der Waals surface area contributed by atoms with Crippen molar-refractivity contribution < 1.29 is 4.79 Å². The zero-order chi connectivity index (χ0) is 13.8. The summed E-state index contributed by atoms with van der Waals surface area (Å²) in [4.78, 5) is 14.8. The maximum Gasteiger partial charge on any atom is 0.228 e. The molecule has 0 aliphatic heterocycles. The molecule has 1 aliphatic carbocycles. The van der Waals surface area contributed by atoms with E-state index >= 15 is 0 Å². The predicted octanol–water partition coefficient (Wildman–Crippen LogP) is 2.79. The molecule has 0 heterocycles. The summed E-state index contributed by atoms with van der Waals surface area (Å²) in [6.07, 6.45) is 5.53. The minimum Gasteiger partial charge on any atom is -0.342 e. The molecule has 0 aromatic heterocycles. The van der Waals surface area contributed by atoms with Gasteiger partial charge in [0.1, 0.15) is 0 Å². The van der Waals surface area contributed by atoms with Crippen LogP contribution in [0.4, 0.5) is 0 Å². The molecule has 0 bridgehead atoms. The maximum absolute atomic E-state index is 12.8. The number of carbonyl (C=O) groups is 1. The van der Waals surface area contributed by atoms with Gasteiger partial charge in [0.2, 0.25) is 5.91 Å². The Morgan fingerprint density at radius 1 is 1.28 bits per heavy atom. The molecule has 1 fully saturated rings. The van der Waals surface area contributed by atoms with Gasteiger partial charge in [-0.1, -0.05) is 33.6 Å². The molecular formula is C15H30N2O. The summed E-state index contributed by atoms with van der Waals surface area (Å²) < 4.78 is 0. The van der Waals surface area contributed by atoms with Crippen LogP contribution in [-0.4, -0.2) is 30.4 Å². The lowest BCUT2D eigenvalue weighted by molar-refractivity contribution is -0.143. The van der Waals surface area contributed by atoms with Crippen LogP contribution in [-0.2, 0) is 4.79 Å². The van der Waals surface area contributed by atoms with E-state index in [9.17, 15) is 4.79 Å². The smallest absolute Gasteiger partial charge is 0.228 e. The van der Waals surface area contributed by atoms with Gasteiger partial charge in [0.15, 0.2) is 0 Å². The van der Waals surface area contributed by atoms with E-state index < -0.39 is 0 Å². The van der Waals surface area contributed by atoms with Crippen LogP contribution in [0.2, 0.25) is 0 Å². The van der Waals surface area contributed by atoms with Crippen LogP contribution in [0.1, 0.15) is 59.8 Å². The third-order valence-electron chi connectivity index (χ3n) is 4.53. The number of hydrogen-bond acceptors (Lipinski definition) is 2. The van der Waals surface area contributed by atoms with Gasteiger partial charge in [-0.15, -0.1) is 0 Å². The molecule has 2 N–H and O–H groups in total. The summed E-state index contributed by atoms with van der Waals surface area (Å²) in [5.41, 5.74) is 5.73. The molecule has 1 aliphatic rings. The fourth-order valence-corrected chi connectivity index (χ4v) is 3.01. The second-order valence-corrected chi connectivity index (χ2v) is 6.53. The van der Waals surface area contributed by atoms with Crippen LogP contribution >= 0.6 is 0 Å². The number of nitrogens with two attached hydrogens (primary N) is 1. The molecule has 3 heteroatoms. The van der Waals surface area contributed by atoms with Gasteiger partial charge in [-0.2, -0.15) is 0 Å². The van der Waals surface area contributed by atoms with Crippen molar-refractivity contribution >= 4 is 5.91 Å². The summed E-state index contributed by atoms with van der Waals surface area (Å²) in [7, 11) is 0. The second kappa shape index (κ2) is 6.05. The van der Waals surface area contributed by atoms with Gasteiger partial charge in [0.25, 0.3) is 0 Å². The summed E-state index contributed by atoms with van der Waals surface area (Å²) in [6.45, 7) is 10.7. The monoisotopic (exact) mass is 254 g/mol. The Balaban J connectivity index is 2.78. The average molecular weight is 254 g/mol. The molecule has 1 rings (SSSR count). The van der Waals surface area contributed by atoms with Crippen molar-refractivity contribution in [1.82, 2.24) is 4.90 Å². The summed E-state index contributed by atoms with van der Waals surface area (Å²) >= 11 is 0. The van der Waals surface area contributed by atoms with Crippen LogP contribution in [0.5, 0.6) is 0 Å². The molecule has 0 spiro atoms. The molecule has 0 saturated heterocycles. The van der Waals surface area contributed by atoms with E-state index in [0.29, 0.717) is 12.5 Å². The standard InChI is InChI=1S/C15H30N2O/c1-5-15(9-7-8-10-15)13(18)17(6-2)12-14(3,4)11-16/h5-12,16H2,1-4H3. The predicted molar refractivity (Wildman–Crippen MR) is 76.3 cm³/mol. The normalized spacial score (nSPS) is 18.9. The first kappa shape index (κ1) is 15.5. The second-order valence-electron chi connectivity index (χ2n) is 6.53. The van der Waals surface area contributed by atoms with E-state index in [0.717, 1.165) is 32.4 Å². The first-order valence-corrected chi connectivity index (χ1v) is 7.40. The van der Waals surface area contributed by atoms with E-state index in [2.05, 4.69) is 27.7 Å². The Hall–Kier alpha value is -0.570. The summed E-state index contributed by atoms with van der Waals surface area (Å²) in [5, 5.41) is 0. The third kappa shape index (κ3) is 3.25. The largest absolute Gasteiger partial charge is 0.342 e. The molecule has 0 atom stereocenters. The average Bonchev–Trinajstić information content (AvgIpc) is 2.85. The van der Waals surface area contributed by atoms with Crippen molar-refractivity contribution in [3.8, 4) is 0 Å². The van der Waals surface area contributed by atoms with Crippen molar-refractivity contribution in [2.24, 2.45) is 16.6 Å². The first-order valence-electron chi connectivity index (χ1n) is 7.40. The van der Waals surface area contributed by atoms with E-state index in [1.165, 1.54) is 12.8 Å². The molecule has 106 valence electrons. The molecule has 0 aromatic carbocycles. The van der Waals surface area contributed by atoms with Crippen molar-refractivity contribution in [3.63, 3.8) is 0 Å². The lowest BCUT2D eigenvalue weighted by Crippen LogP contribution is -2.47. The molecule has 1 saturated carbocycles. The molecule has 3 nitrogen and oxygen atoms in total. The van der Waals surface area contributed by atoms with E-state index in [4.69, 9.17) is 5.73 Å². The van der Waals surface area contributed by atoms with Gasteiger partial charge in [-0.25, -0.2) is 0 Å². The Morgan fingerprint density at radius 3 is 2.22 bits per heavy atom. The lowest BCUT2D eigenvalue weighted by Gasteiger charge is -2.37. The van der Waals surface area contributed by atoms with Gasteiger partial charge in [-0.3, -0.25) is 4.79 Å². The molecule has 0 radical (unpaired) electrons. The zero-order valence-corrected chi connectivity index (χ0v) is 12.6. The van der Waals surface area contributed by atoms with Crippen molar-refractivity contribution in [1.29, 1.82) is 0 Å². The lowest BCUT2D eigenvalue weighted by atomic mass is 9.81. The van der Waals surface area contributed by atoms with Crippen LogP contribution < -0.4 is 5.73 Å². The molecule has 18 heavy (non-hydrogen) atoms. The summed E-state index contributed by atoms with van der Waals surface area (Å²) in [5.74, 6) is 0.367. The SMILES string of the molecule is CCN(CC(C)(C)CN)C(=O)C1(CC)CCCC1. The fraction of sp³-hybridized carbons (Fsp3) is 0.933. The van der Waals surface area contributed by atoms with E-state index in [-0.39, 0.29) is 10.8 Å². The Kier molecular flexibility index (Phi) is 5.20. The van der Waals surface area contributed by atoms with Gasteiger partial charge >= 0.3 is 0 Å². The van der Waals surface area contributed by atoms with Crippen LogP contribution in [0, 0.1) is 10.8 Å². The highest BCUT2D eigenvalue weighted by atomic mass is 16.2. The Morgan fingerprint density at radius 2 is 1.83 bits per heavy atom. The number of amides is 1. The van der Waals surface area contributed by atoms with Crippen LogP contribution in [0.15, 0.2) is 0 Å². The highest BCUT2D eigenvalue weighted by Gasteiger charge is 2.42. The molecule has 0 aromatic rings. The molecule has 0 unspecified atom stereocenters. The van der Waals surface area contributed by atoms with E-state index in [1.54, 1.807) is 0 Å². The summed E-state index contributed by atoms with van der Waals surface area (Å²) in [6, 6.07) is 0. The molecular weight excluding hydrogens is 224 g/mol. The zero-order valence-electron chi connectivity index (χ0n) is 12.6. The van der Waals surface area contributed by atoms with Crippen LogP contribution in [0.3, 0.4) is 0 Å². The van der Waals surface area contributed by atoms with Crippen LogP contribution in [0.25, 0.3) is 0 Å². The number of rotatable bonds is 6. The fourth-order valence-electron chi connectivity index (χ4n) is 3.01. The highest BCUT2D eigenvalue weighted by Crippen LogP contribution is 2.42. The van der Waals surface area contributed by atoms with E-state index in [1.807, 2.05) is 4.90 Å². The quantitative estimate of drug-likeness (QED) is 0.792. The first-order chi connectivity index (χ1) is 8.40.